The van der Waals surface area contributed by atoms with E-state index in [1.54, 1.807) is 6.08 Å². The van der Waals surface area contributed by atoms with Crippen LogP contribution in [0.25, 0.3) is 0 Å². The number of aliphatic hydroxyl groups excluding tert-OH is 1. The third-order valence-electron chi connectivity index (χ3n) is 2.06. The average Bonchev–Trinajstić information content (AvgIpc) is 2.17. The van der Waals surface area contributed by atoms with Crippen LogP contribution in [0.5, 0.6) is 0 Å². The van der Waals surface area contributed by atoms with Gasteiger partial charge < -0.3 is 5.11 Å². The number of aliphatic hydroxyl groups is 1. The lowest BCUT2D eigenvalue weighted by Crippen LogP contribution is -2.39. The first-order valence-electron chi connectivity index (χ1n) is 3.74. The quantitative estimate of drug-likeness (QED) is 0.256. The van der Waals surface area contributed by atoms with E-state index in [0.29, 0.717) is 12.0 Å². The second-order valence-corrected chi connectivity index (χ2v) is 2.72. The standard InChI is InChI=1S/C7H12O5/c8-5-6-3-1-2-4-7(6,11-9)12-10/h3,8-10H,1-2,4-5H2. The summed E-state index contributed by atoms with van der Waals surface area (Å²) in [5.74, 6) is -1.55. The van der Waals surface area contributed by atoms with Crippen LogP contribution in [0.3, 0.4) is 0 Å². The molecule has 0 fully saturated rings. The monoisotopic (exact) mass is 176 g/mol. The fraction of sp³-hybridized carbons (Fsp3) is 0.714. The van der Waals surface area contributed by atoms with Gasteiger partial charge in [0.25, 0.3) is 5.79 Å². The molecule has 0 spiro atoms. The van der Waals surface area contributed by atoms with Crippen molar-refractivity contribution < 1.29 is 25.4 Å². The molecule has 12 heavy (non-hydrogen) atoms. The molecule has 0 aromatic heterocycles. The van der Waals surface area contributed by atoms with Crippen molar-refractivity contribution in [3.8, 4) is 0 Å². The average molecular weight is 176 g/mol. The van der Waals surface area contributed by atoms with E-state index >= 15 is 0 Å². The van der Waals surface area contributed by atoms with Crippen LogP contribution in [0, 0.1) is 0 Å². The van der Waals surface area contributed by atoms with Gasteiger partial charge in [-0.2, -0.15) is 9.78 Å². The summed E-state index contributed by atoms with van der Waals surface area (Å²) in [6.45, 7) is -0.304. The Labute approximate surface area is 69.7 Å². The Hall–Kier alpha value is -0.460. The second kappa shape index (κ2) is 3.97. The molecule has 1 aliphatic carbocycles. The summed E-state index contributed by atoms with van der Waals surface area (Å²) in [4.78, 5) is 8.06. The summed E-state index contributed by atoms with van der Waals surface area (Å²) in [5, 5.41) is 25.9. The van der Waals surface area contributed by atoms with Crippen LogP contribution >= 0.6 is 0 Å². The lowest BCUT2D eigenvalue weighted by molar-refractivity contribution is -0.475. The van der Waals surface area contributed by atoms with Gasteiger partial charge in [-0.1, -0.05) is 6.08 Å². The van der Waals surface area contributed by atoms with Gasteiger partial charge >= 0.3 is 0 Å². The molecule has 0 aromatic carbocycles. The molecular formula is C7H12O5. The van der Waals surface area contributed by atoms with E-state index in [2.05, 4.69) is 9.78 Å². The maximum absolute atomic E-state index is 8.84. The van der Waals surface area contributed by atoms with Crippen molar-refractivity contribution >= 4 is 0 Å². The molecule has 1 aliphatic rings. The Morgan fingerprint density at radius 1 is 1.42 bits per heavy atom. The summed E-state index contributed by atoms with van der Waals surface area (Å²) < 4.78 is 0. The third-order valence-corrected chi connectivity index (χ3v) is 2.06. The third kappa shape index (κ3) is 1.50. The molecule has 0 amide bonds. The fourth-order valence-electron chi connectivity index (χ4n) is 1.34. The largest absolute Gasteiger partial charge is 0.392 e. The van der Waals surface area contributed by atoms with Gasteiger partial charge in [-0.15, -0.1) is 0 Å². The topological polar surface area (TPSA) is 79.2 Å². The Balaban J connectivity index is 2.83. The zero-order chi connectivity index (χ0) is 9.03. The summed E-state index contributed by atoms with van der Waals surface area (Å²) in [6.07, 6.45) is 3.51. The Bertz CT molecular complexity index is 173. The lowest BCUT2D eigenvalue weighted by atomic mass is 9.93. The highest BCUT2D eigenvalue weighted by Crippen LogP contribution is 2.32. The Kier molecular flexibility index (Phi) is 3.19. The molecular weight excluding hydrogens is 164 g/mol. The molecule has 0 heterocycles. The number of rotatable bonds is 3. The first kappa shape index (κ1) is 9.63. The Morgan fingerprint density at radius 3 is 2.50 bits per heavy atom. The van der Waals surface area contributed by atoms with E-state index in [0.717, 1.165) is 12.8 Å². The molecule has 0 saturated carbocycles. The van der Waals surface area contributed by atoms with Crippen LogP contribution < -0.4 is 0 Å². The van der Waals surface area contributed by atoms with Crippen molar-refractivity contribution in [2.24, 2.45) is 0 Å². The minimum atomic E-state index is -1.55. The maximum Gasteiger partial charge on any atom is 0.256 e. The van der Waals surface area contributed by atoms with Crippen molar-refractivity contribution in [1.29, 1.82) is 0 Å². The molecule has 0 radical (unpaired) electrons. The van der Waals surface area contributed by atoms with E-state index < -0.39 is 5.79 Å². The molecule has 0 aliphatic heterocycles. The fourth-order valence-corrected chi connectivity index (χ4v) is 1.34. The minimum Gasteiger partial charge on any atom is -0.392 e. The zero-order valence-electron chi connectivity index (χ0n) is 6.56. The molecule has 0 atom stereocenters. The van der Waals surface area contributed by atoms with Crippen molar-refractivity contribution in [3.63, 3.8) is 0 Å². The van der Waals surface area contributed by atoms with E-state index in [-0.39, 0.29) is 6.61 Å². The second-order valence-electron chi connectivity index (χ2n) is 2.72. The first-order chi connectivity index (χ1) is 5.79. The summed E-state index contributed by atoms with van der Waals surface area (Å²) >= 11 is 0. The van der Waals surface area contributed by atoms with Crippen LogP contribution in [0.4, 0.5) is 0 Å². The molecule has 5 heteroatoms. The van der Waals surface area contributed by atoms with Crippen molar-refractivity contribution in [3.05, 3.63) is 11.6 Å². The smallest absolute Gasteiger partial charge is 0.256 e. The summed E-state index contributed by atoms with van der Waals surface area (Å²) in [7, 11) is 0. The lowest BCUT2D eigenvalue weighted by Gasteiger charge is -2.31. The van der Waals surface area contributed by atoms with Crippen LogP contribution in [0.1, 0.15) is 19.3 Å². The molecule has 1 rings (SSSR count). The highest BCUT2D eigenvalue weighted by Gasteiger charge is 2.39. The van der Waals surface area contributed by atoms with Gasteiger partial charge in [0, 0.05) is 12.0 Å². The maximum atomic E-state index is 8.84. The molecule has 0 bridgehead atoms. The minimum absolute atomic E-state index is 0.304. The predicted molar refractivity (Wildman–Crippen MR) is 39.2 cm³/mol. The molecule has 70 valence electrons. The van der Waals surface area contributed by atoms with Gasteiger partial charge in [-0.3, -0.25) is 0 Å². The van der Waals surface area contributed by atoms with Gasteiger partial charge in [0.1, 0.15) is 0 Å². The van der Waals surface area contributed by atoms with E-state index in [9.17, 15) is 0 Å². The Morgan fingerprint density at radius 2 is 2.08 bits per heavy atom. The summed E-state index contributed by atoms with van der Waals surface area (Å²) in [6, 6.07) is 0. The molecule has 0 aromatic rings. The molecule has 0 saturated heterocycles. The zero-order valence-corrected chi connectivity index (χ0v) is 6.56. The van der Waals surface area contributed by atoms with E-state index in [1.807, 2.05) is 0 Å². The highest BCUT2D eigenvalue weighted by atomic mass is 17.2. The highest BCUT2D eigenvalue weighted by molar-refractivity contribution is 5.16. The van der Waals surface area contributed by atoms with Crippen molar-refractivity contribution in [2.45, 2.75) is 25.0 Å². The first-order valence-corrected chi connectivity index (χ1v) is 3.74. The van der Waals surface area contributed by atoms with Crippen LogP contribution in [0.15, 0.2) is 11.6 Å². The normalized spacial score (nSPS) is 22.1. The van der Waals surface area contributed by atoms with Gasteiger partial charge in [-0.25, -0.2) is 10.5 Å². The molecule has 5 nitrogen and oxygen atoms in total. The molecule has 0 unspecified atom stereocenters. The van der Waals surface area contributed by atoms with Crippen molar-refractivity contribution in [2.75, 3.05) is 6.61 Å². The van der Waals surface area contributed by atoms with Gasteiger partial charge in [0.05, 0.1) is 6.61 Å². The number of hydrogen-bond donors (Lipinski definition) is 3. The van der Waals surface area contributed by atoms with Gasteiger partial charge in [-0.05, 0) is 12.8 Å². The predicted octanol–water partition coefficient (Wildman–Crippen LogP) is 0.764. The summed E-state index contributed by atoms with van der Waals surface area (Å²) in [5.41, 5.74) is 0.346. The SMILES string of the molecule is OCC1=CCCCC1(OO)OO. The van der Waals surface area contributed by atoms with E-state index in [1.165, 1.54) is 0 Å². The van der Waals surface area contributed by atoms with E-state index in [4.69, 9.17) is 15.6 Å². The van der Waals surface area contributed by atoms with Gasteiger partial charge in [0.15, 0.2) is 0 Å². The van der Waals surface area contributed by atoms with Crippen LogP contribution in [-0.4, -0.2) is 28.0 Å². The van der Waals surface area contributed by atoms with Gasteiger partial charge in [0.2, 0.25) is 0 Å². The van der Waals surface area contributed by atoms with Crippen LogP contribution in [-0.2, 0) is 9.78 Å². The number of allylic oxidation sites excluding steroid dienone is 1. The van der Waals surface area contributed by atoms with Crippen molar-refractivity contribution in [1.82, 2.24) is 0 Å². The number of hydrogen-bond acceptors (Lipinski definition) is 5. The van der Waals surface area contributed by atoms with Crippen LogP contribution in [0.2, 0.25) is 0 Å². The molecule has 3 N–H and O–H groups in total.